The molecule has 1 saturated heterocycles. The Bertz CT molecular complexity index is 874. The Morgan fingerprint density at radius 3 is 2.83 bits per heavy atom. The normalized spacial score (nSPS) is 16.1. The van der Waals surface area contributed by atoms with Gasteiger partial charge < -0.3 is 20.3 Å². The highest BCUT2D eigenvalue weighted by atomic mass is 19.1. The quantitative estimate of drug-likeness (QED) is 0.716. The maximum atomic E-state index is 13.3. The van der Waals surface area contributed by atoms with Crippen LogP contribution in [-0.4, -0.2) is 37.0 Å². The van der Waals surface area contributed by atoms with Gasteiger partial charge in [-0.05, 0) is 49.4 Å². The lowest BCUT2D eigenvalue weighted by Crippen LogP contribution is -2.42. The summed E-state index contributed by atoms with van der Waals surface area (Å²) in [6, 6.07) is 13.2. The number of nitrogens with zero attached hydrogens (tertiary/aromatic N) is 1. The van der Waals surface area contributed by atoms with Crippen LogP contribution in [0.15, 0.2) is 48.5 Å². The van der Waals surface area contributed by atoms with E-state index in [1.165, 1.54) is 12.1 Å². The SMILES string of the molecule is COc1ccccc1CNC(=O)CC[C@H]1CCCN(C(=O)Nc2cccc(F)c2)C1. The fraction of sp³-hybridized carbons (Fsp3) is 0.391. The number of likely N-dealkylation sites (tertiary alicyclic amines) is 1. The summed E-state index contributed by atoms with van der Waals surface area (Å²) in [6.07, 6.45) is 3.02. The van der Waals surface area contributed by atoms with Gasteiger partial charge in [0.05, 0.1) is 7.11 Å². The standard InChI is InChI=1S/C23H28FN3O3/c1-30-21-10-3-2-7-18(21)15-25-22(28)12-11-17-6-5-13-27(16-17)23(29)26-20-9-4-8-19(24)14-20/h2-4,7-10,14,17H,5-6,11-13,15-16H2,1H3,(H,25,28)(H,26,29)/t17-/m1/s1. The number of nitrogens with one attached hydrogen (secondary N) is 2. The second-order valence-electron chi connectivity index (χ2n) is 7.52. The summed E-state index contributed by atoms with van der Waals surface area (Å²) in [5.74, 6) is 0.629. The average Bonchev–Trinajstić information content (AvgIpc) is 2.76. The van der Waals surface area contributed by atoms with Gasteiger partial charge in [-0.15, -0.1) is 0 Å². The van der Waals surface area contributed by atoms with E-state index in [0.29, 0.717) is 31.7 Å². The molecular formula is C23H28FN3O3. The van der Waals surface area contributed by atoms with E-state index in [1.807, 2.05) is 24.3 Å². The molecule has 1 aliphatic heterocycles. The number of anilines is 1. The molecule has 0 spiro atoms. The highest BCUT2D eigenvalue weighted by Crippen LogP contribution is 2.22. The van der Waals surface area contributed by atoms with Gasteiger partial charge in [0.2, 0.25) is 5.91 Å². The number of ether oxygens (including phenoxy) is 1. The molecule has 3 amide bonds. The van der Waals surface area contributed by atoms with Crippen molar-refractivity contribution in [2.24, 2.45) is 5.92 Å². The van der Waals surface area contributed by atoms with Crippen LogP contribution >= 0.6 is 0 Å². The number of piperidine rings is 1. The number of rotatable bonds is 7. The molecular weight excluding hydrogens is 385 g/mol. The molecule has 0 radical (unpaired) electrons. The van der Waals surface area contributed by atoms with Crippen molar-refractivity contribution < 1.29 is 18.7 Å². The minimum Gasteiger partial charge on any atom is -0.496 e. The Morgan fingerprint density at radius 1 is 1.20 bits per heavy atom. The molecule has 2 aromatic rings. The molecule has 6 nitrogen and oxygen atoms in total. The van der Waals surface area contributed by atoms with Crippen molar-refractivity contribution in [3.05, 3.63) is 59.9 Å². The molecule has 30 heavy (non-hydrogen) atoms. The lowest BCUT2D eigenvalue weighted by molar-refractivity contribution is -0.121. The molecule has 0 aromatic heterocycles. The maximum absolute atomic E-state index is 13.3. The summed E-state index contributed by atoms with van der Waals surface area (Å²) >= 11 is 0. The first kappa shape index (κ1) is 21.6. The number of halogens is 1. The fourth-order valence-corrected chi connectivity index (χ4v) is 3.72. The van der Waals surface area contributed by atoms with E-state index in [9.17, 15) is 14.0 Å². The van der Waals surface area contributed by atoms with Gasteiger partial charge in [-0.25, -0.2) is 9.18 Å². The fourth-order valence-electron chi connectivity index (χ4n) is 3.72. The zero-order valence-corrected chi connectivity index (χ0v) is 17.2. The van der Waals surface area contributed by atoms with Crippen LogP contribution in [0.4, 0.5) is 14.9 Å². The van der Waals surface area contributed by atoms with Crippen LogP contribution in [0, 0.1) is 11.7 Å². The molecule has 2 N–H and O–H groups in total. The minimum absolute atomic E-state index is 0.0118. The molecule has 3 rings (SSSR count). The summed E-state index contributed by atoms with van der Waals surface area (Å²) in [5, 5.41) is 5.68. The van der Waals surface area contributed by atoms with E-state index in [1.54, 1.807) is 24.1 Å². The number of para-hydroxylation sites is 1. The van der Waals surface area contributed by atoms with Gasteiger partial charge in [0.1, 0.15) is 11.6 Å². The average molecular weight is 413 g/mol. The molecule has 1 atom stereocenters. The molecule has 1 aliphatic rings. The molecule has 160 valence electrons. The largest absolute Gasteiger partial charge is 0.496 e. The first-order valence-corrected chi connectivity index (χ1v) is 10.2. The highest BCUT2D eigenvalue weighted by molar-refractivity contribution is 5.89. The van der Waals surface area contributed by atoms with E-state index in [2.05, 4.69) is 10.6 Å². The highest BCUT2D eigenvalue weighted by Gasteiger charge is 2.24. The molecule has 0 aliphatic carbocycles. The van der Waals surface area contributed by atoms with E-state index in [-0.39, 0.29) is 23.7 Å². The molecule has 0 saturated carbocycles. The van der Waals surface area contributed by atoms with Crippen LogP contribution in [0.5, 0.6) is 5.75 Å². The van der Waals surface area contributed by atoms with E-state index < -0.39 is 0 Å². The summed E-state index contributed by atoms with van der Waals surface area (Å²) in [4.78, 5) is 26.5. The van der Waals surface area contributed by atoms with Gasteiger partial charge in [0.25, 0.3) is 0 Å². The summed E-state index contributed by atoms with van der Waals surface area (Å²) in [5.41, 5.74) is 1.38. The number of methoxy groups -OCH3 is 1. The summed E-state index contributed by atoms with van der Waals surface area (Å²) < 4.78 is 18.6. The third kappa shape index (κ3) is 6.20. The second kappa shape index (κ2) is 10.6. The Morgan fingerprint density at radius 2 is 2.03 bits per heavy atom. The first-order valence-electron chi connectivity index (χ1n) is 10.2. The van der Waals surface area contributed by atoms with E-state index in [0.717, 1.165) is 30.6 Å². The third-order valence-electron chi connectivity index (χ3n) is 5.33. The Hall–Kier alpha value is -3.09. The number of hydrogen-bond donors (Lipinski definition) is 2. The van der Waals surface area contributed by atoms with Gasteiger partial charge in [-0.3, -0.25) is 4.79 Å². The first-order chi connectivity index (χ1) is 14.5. The Balaban J connectivity index is 1.43. The van der Waals surface area contributed by atoms with Crippen molar-refractivity contribution in [3.63, 3.8) is 0 Å². The predicted octanol–water partition coefficient (Wildman–Crippen LogP) is 4.17. The van der Waals surface area contributed by atoms with Crippen molar-refractivity contribution >= 4 is 17.6 Å². The number of benzene rings is 2. The van der Waals surface area contributed by atoms with E-state index >= 15 is 0 Å². The van der Waals surface area contributed by atoms with Crippen LogP contribution < -0.4 is 15.4 Å². The van der Waals surface area contributed by atoms with Crippen LogP contribution in [0.3, 0.4) is 0 Å². The smallest absolute Gasteiger partial charge is 0.321 e. The Labute approximate surface area is 176 Å². The van der Waals surface area contributed by atoms with Crippen LogP contribution in [0.25, 0.3) is 0 Å². The number of carbonyl (C=O) groups excluding carboxylic acids is 2. The number of hydrogen-bond acceptors (Lipinski definition) is 3. The van der Waals surface area contributed by atoms with Crippen molar-refractivity contribution in [2.45, 2.75) is 32.2 Å². The second-order valence-corrected chi connectivity index (χ2v) is 7.52. The van der Waals surface area contributed by atoms with Crippen LogP contribution in [0.1, 0.15) is 31.2 Å². The van der Waals surface area contributed by atoms with Crippen LogP contribution in [0.2, 0.25) is 0 Å². The Kier molecular flexibility index (Phi) is 7.65. The zero-order valence-electron chi connectivity index (χ0n) is 17.2. The molecule has 7 heteroatoms. The third-order valence-corrected chi connectivity index (χ3v) is 5.33. The van der Waals surface area contributed by atoms with Crippen molar-refractivity contribution in [3.8, 4) is 5.75 Å². The van der Waals surface area contributed by atoms with Gasteiger partial charge in [0.15, 0.2) is 0 Å². The van der Waals surface area contributed by atoms with Gasteiger partial charge in [-0.1, -0.05) is 24.3 Å². The lowest BCUT2D eigenvalue weighted by atomic mass is 9.93. The number of carbonyl (C=O) groups is 2. The summed E-state index contributed by atoms with van der Waals surface area (Å²) in [7, 11) is 1.61. The molecule has 1 heterocycles. The maximum Gasteiger partial charge on any atom is 0.321 e. The van der Waals surface area contributed by atoms with Crippen molar-refractivity contribution in [2.75, 3.05) is 25.5 Å². The molecule has 0 unspecified atom stereocenters. The topological polar surface area (TPSA) is 70.7 Å². The predicted molar refractivity (Wildman–Crippen MR) is 114 cm³/mol. The van der Waals surface area contributed by atoms with Gasteiger partial charge in [0, 0.05) is 37.3 Å². The molecule has 2 aromatic carbocycles. The zero-order chi connectivity index (χ0) is 21.3. The molecule has 1 fully saturated rings. The molecule has 0 bridgehead atoms. The van der Waals surface area contributed by atoms with Gasteiger partial charge >= 0.3 is 6.03 Å². The van der Waals surface area contributed by atoms with Crippen molar-refractivity contribution in [1.82, 2.24) is 10.2 Å². The van der Waals surface area contributed by atoms with Gasteiger partial charge in [-0.2, -0.15) is 0 Å². The lowest BCUT2D eigenvalue weighted by Gasteiger charge is -2.32. The monoisotopic (exact) mass is 413 g/mol. The van der Waals surface area contributed by atoms with E-state index in [4.69, 9.17) is 4.74 Å². The van der Waals surface area contributed by atoms with Crippen LogP contribution in [-0.2, 0) is 11.3 Å². The summed E-state index contributed by atoms with van der Waals surface area (Å²) in [6.45, 7) is 1.69. The van der Waals surface area contributed by atoms with Crippen molar-refractivity contribution in [1.29, 1.82) is 0 Å². The number of amides is 3. The minimum atomic E-state index is -0.386. The number of urea groups is 1.